The van der Waals surface area contributed by atoms with E-state index in [1.54, 1.807) is 0 Å². The summed E-state index contributed by atoms with van der Waals surface area (Å²) in [5, 5.41) is 14.4. The molecule has 2 aromatic rings. The van der Waals surface area contributed by atoms with Gasteiger partial charge in [-0.15, -0.1) is 11.8 Å². The molecule has 5 nitrogen and oxygen atoms in total. The van der Waals surface area contributed by atoms with Crippen molar-refractivity contribution in [1.29, 1.82) is 0 Å². The Morgan fingerprint density at radius 2 is 2.27 bits per heavy atom. The molecule has 2 saturated heterocycles. The molecule has 9 heteroatoms. The first-order valence-electron chi connectivity index (χ1n) is 8.08. The molecule has 0 atom stereocenters. The van der Waals surface area contributed by atoms with Gasteiger partial charge in [0, 0.05) is 11.9 Å². The molecule has 138 valence electrons. The largest absolute Gasteiger partial charge is 0.465 e. The molecule has 2 bridgehead atoms. The third-order valence-electron chi connectivity index (χ3n) is 5.24. The second-order valence-corrected chi connectivity index (χ2v) is 9.52. The quantitative estimate of drug-likeness (QED) is 0.401. The Kier molecular flexibility index (Phi) is 4.54. The van der Waals surface area contributed by atoms with Crippen LogP contribution in [0, 0.1) is 22.2 Å². The Bertz CT molecular complexity index is 952. The van der Waals surface area contributed by atoms with Crippen molar-refractivity contribution in [2.45, 2.75) is 30.5 Å². The summed E-state index contributed by atoms with van der Waals surface area (Å²) in [4.78, 5) is 17.6. The molecule has 3 fully saturated rings. The second-order valence-electron chi connectivity index (χ2n) is 6.85. The van der Waals surface area contributed by atoms with Crippen LogP contribution in [-0.2, 0) is 0 Å². The van der Waals surface area contributed by atoms with Gasteiger partial charge in [0.1, 0.15) is 16.2 Å². The molecule has 3 heterocycles. The molecule has 1 saturated carbocycles. The molecular formula is C17H16BrFIN3O2S. The number of benzene rings is 1. The lowest BCUT2D eigenvalue weighted by Gasteiger charge is -2.43. The van der Waals surface area contributed by atoms with E-state index in [0.29, 0.717) is 27.8 Å². The second kappa shape index (κ2) is 6.37. The Hall–Kier alpha value is -0.810. The van der Waals surface area contributed by atoms with Crippen molar-refractivity contribution in [3.8, 4) is 0 Å². The van der Waals surface area contributed by atoms with E-state index in [4.69, 9.17) is 0 Å². The number of pyridine rings is 1. The minimum atomic E-state index is -0.916. The van der Waals surface area contributed by atoms with Gasteiger partial charge in [0.05, 0.1) is 13.7 Å². The molecule has 0 spiro atoms. The van der Waals surface area contributed by atoms with Crippen LogP contribution in [0.2, 0.25) is 0 Å². The van der Waals surface area contributed by atoms with Crippen LogP contribution in [0.4, 0.5) is 14.9 Å². The van der Waals surface area contributed by atoms with E-state index >= 15 is 0 Å². The van der Waals surface area contributed by atoms with Gasteiger partial charge in [-0.05, 0) is 82.1 Å². The summed E-state index contributed by atoms with van der Waals surface area (Å²) in [5.41, 5.74) is 1.23. The van der Waals surface area contributed by atoms with Crippen LogP contribution in [0.15, 0.2) is 15.6 Å². The zero-order valence-corrected chi connectivity index (χ0v) is 18.6. The lowest BCUT2D eigenvalue weighted by molar-refractivity contribution is 0.107. The summed E-state index contributed by atoms with van der Waals surface area (Å²) in [6, 6.07) is 1.90. The zero-order chi connectivity index (χ0) is 18.8. The first-order chi connectivity index (χ1) is 12.3. The zero-order valence-electron chi connectivity index (χ0n) is 14.1. The lowest BCUT2D eigenvalue weighted by atomic mass is 9.79. The first-order valence-corrected chi connectivity index (χ1v) is 11.2. The van der Waals surface area contributed by atoms with Crippen LogP contribution in [0.3, 0.4) is 0 Å². The van der Waals surface area contributed by atoms with Crippen LogP contribution in [0.5, 0.6) is 0 Å². The van der Waals surface area contributed by atoms with Crippen LogP contribution in [0.25, 0.3) is 10.9 Å². The van der Waals surface area contributed by atoms with Crippen molar-refractivity contribution < 1.29 is 14.3 Å². The van der Waals surface area contributed by atoms with E-state index in [-0.39, 0.29) is 5.82 Å². The van der Waals surface area contributed by atoms with Crippen molar-refractivity contribution in [2.75, 3.05) is 18.1 Å². The van der Waals surface area contributed by atoms with Crippen molar-refractivity contribution in [3.63, 3.8) is 0 Å². The van der Waals surface area contributed by atoms with Crippen molar-refractivity contribution in [1.82, 2.24) is 9.88 Å². The molecule has 0 unspecified atom stereocenters. The van der Waals surface area contributed by atoms with Gasteiger partial charge in [0.25, 0.3) is 0 Å². The Morgan fingerprint density at radius 1 is 1.58 bits per heavy atom. The number of anilines is 1. The maximum atomic E-state index is 14.9. The number of amides is 1. The highest BCUT2D eigenvalue weighted by atomic mass is 127. The highest BCUT2D eigenvalue weighted by Gasteiger charge is 2.58. The van der Waals surface area contributed by atoms with Crippen LogP contribution < -0.4 is 5.32 Å². The minimum Gasteiger partial charge on any atom is -0.465 e. The molecule has 1 aromatic carbocycles. The fourth-order valence-electron chi connectivity index (χ4n) is 4.02. The van der Waals surface area contributed by atoms with Gasteiger partial charge in [-0.3, -0.25) is 4.90 Å². The third kappa shape index (κ3) is 2.61. The van der Waals surface area contributed by atoms with Crippen LogP contribution >= 0.6 is 50.3 Å². The van der Waals surface area contributed by atoms with E-state index in [1.807, 2.05) is 19.2 Å². The maximum Gasteiger partial charge on any atom is 0.409 e. The summed E-state index contributed by atoms with van der Waals surface area (Å²) in [6.45, 7) is 2.39. The van der Waals surface area contributed by atoms with Crippen molar-refractivity contribution in [3.05, 3.63) is 25.5 Å². The van der Waals surface area contributed by atoms with E-state index in [2.05, 4.69) is 48.8 Å². The van der Waals surface area contributed by atoms with Crippen LogP contribution in [-0.4, -0.2) is 39.5 Å². The van der Waals surface area contributed by atoms with E-state index in [9.17, 15) is 14.3 Å². The molecule has 2 aliphatic heterocycles. The van der Waals surface area contributed by atoms with Gasteiger partial charge in [-0.25, -0.2) is 14.2 Å². The molecule has 26 heavy (non-hydrogen) atoms. The Balaban J connectivity index is 1.91. The van der Waals surface area contributed by atoms with E-state index in [0.717, 1.165) is 32.7 Å². The van der Waals surface area contributed by atoms with Gasteiger partial charge in [0.2, 0.25) is 0 Å². The van der Waals surface area contributed by atoms with Gasteiger partial charge < -0.3 is 10.4 Å². The topological polar surface area (TPSA) is 65.5 Å². The SMILES string of the molecule is CSc1nc2c(F)c(Br)c(C)cc2c(NC23CC(CN2C(=O)O)C3)c1I. The Morgan fingerprint density at radius 3 is 2.88 bits per heavy atom. The van der Waals surface area contributed by atoms with Gasteiger partial charge in [0.15, 0.2) is 5.82 Å². The number of rotatable bonds is 3. The molecule has 0 radical (unpaired) electrons. The molecule has 2 N–H and O–H groups in total. The summed E-state index contributed by atoms with van der Waals surface area (Å²) in [5.74, 6) is 0.0113. The molecule has 1 aromatic heterocycles. The summed E-state index contributed by atoms with van der Waals surface area (Å²) in [6.07, 6.45) is 2.55. The molecule has 5 rings (SSSR count). The fraction of sp³-hybridized carbons (Fsp3) is 0.412. The van der Waals surface area contributed by atoms with Crippen LogP contribution in [0.1, 0.15) is 18.4 Å². The molecule has 1 aliphatic carbocycles. The average molecular weight is 552 g/mol. The lowest BCUT2D eigenvalue weighted by Crippen LogP contribution is -2.54. The van der Waals surface area contributed by atoms with Gasteiger partial charge in [-0.2, -0.15) is 0 Å². The number of nitrogens with zero attached hydrogens (tertiary/aromatic N) is 2. The average Bonchev–Trinajstić information content (AvgIpc) is 3.11. The minimum absolute atomic E-state index is 0.293. The van der Waals surface area contributed by atoms with E-state index in [1.165, 1.54) is 16.7 Å². The standard InChI is InChI=1S/C17H16BrFIN3O2S/c1-7-3-9-13(11(19)10(7)18)21-15(26-2)12(20)14(9)22-17-4-8(5-17)6-23(17)16(24)25/h3,8H,4-6H2,1-2H3,(H,21,22)(H,24,25). The number of hydrogen-bond acceptors (Lipinski definition) is 4. The number of carboxylic acid groups (broad SMARTS) is 1. The number of thioether (sulfide) groups is 1. The number of hydrogen-bond donors (Lipinski definition) is 2. The van der Waals surface area contributed by atoms with Crippen molar-refractivity contribution >= 4 is 73.0 Å². The molecule has 3 aliphatic rings. The monoisotopic (exact) mass is 551 g/mol. The third-order valence-corrected chi connectivity index (χ3v) is 8.32. The predicted molar refractivity (Wildman–Crippen MR) is 112 cm³/mol. The summed E-state index contributed by atoms with van der Waals surface area (Å²) >= 11 is 6.95. The number of fused-ring (bicyclic) bond motifs is 2. The number of nitrogens with one attached hydrogen (secondary N) is 1. The Labute approximate surface area is 176 Å². The normalized spacial score (nSPS) is 24.0. The first kappa shape index (κ1) is 18.5. The number of halogens is 3. The molecule has 1 amide bonds. The van der Waals surface area contributed by atoms with E-state index < -0.39 is 11.8 Å². The number of carbonyl (C=O) groups is 1. The smallest absolute Gasteiger partial charge is 0.409 e. The predicted octanol–water partition coefficient (Wildman–Crippen LogP) is 5.28. The number of aromatic nitrogens is 1. The fourth-order valence-corrected chi connectivity index (χ4v) is 5.99. The summed E-state index contributed by atoms with van der Waals surface area (Å²) in [7, 11) is 0. The highest BCUT2D eigenvalue weighted by molar-refractivity contribution is 14.1. The summed E-state index contributed by atoms with van der Waals surface area (Å²) < 4.78 is 16.2. The highest BCUT2D eigenvalue weighted by Crippen LogP contribution is 2.52. The maximum absolute atomic E-state index is 14.9. The van der Waals surface area contributed by atoms with Gasteiger partial charge in [-0.1, -0.05) is 0 Å². The van der Waals surface area contributed by atoms with Crippen molar-refractivity contribution in [2.24, 2.45) is 5.92 Å². The molecular weight excluding hydrogens is 536 g/mol. The van der Waals surface area contributed by atoms with Gasteiger partial charge >= 0.3 is 6.09 Å². The number of aryl methyl sites for hydroxylation is 1.